The maximum atomic E-state index is 4.57. The summed E-state index contributed by atoms with van der Waals surface area (Å²) in [4.78, 5) is 11.4. The van der Waals surface area contributed by atoms with Gasteiger partial charge in [-0.25, -0.2) is 9.97 Å². The van der Waals surface area contributed by atoms with Gasteiger partial charge in [0.15, 0.2) is 0 Å². The van der Waals surface area contributed by atoms with Crippen molar-refractivity contribution in [3.8, 4) is 0 Å². The Morgan fingerprint density at radius 3 is 2.25 bits per heavy atom. The van der Waals surface area contributed by atoms with Gasteiger partial charge in [0.2, 0.25) is 0 Å². The Balaban J connectivity index is 2.48. The zero-order valence-electron chi connectivity index (χ0n) is 13.2. The first-order valence-corrected chi connectivity index (χ1v) is 7.43. The molecule has 2 aromatic rings. The predicted octanol–water partition coefficient (Wildman–Crippen LogP) is 4.06. The van der Waals surface area contributed by atoms with Crippen LogP contribution in [-0.4, -0.2) is 23.1 Å². The van der Waals surface area contributed by atoms with Crippen molar-refractivity contribution < 1.29 is 0 Å². The van der Waals surface area contributed by atoms with E-state index in [2.05, 4.69) is 67.7 Å². The lowest BCUT2D eigenvalue weighted by Gasteiger charge is -2.28. The van der Waals surface area contributed by atoms with Gasteiger partial charge in [-0.05, 0) is 30.9 Å². The number of hydrogen-bond donors (Lipinski definition) is 0. The minimum absolute atomic E-state index is 0.614. The van der Waals surface area contributed by atoms with E-state index in [1.54, 1.807) is 6.33 Å². The molecule has 1 heterocycles. The minimum Gasteiger partial charge on any atom is -0.355 e. The lowest BCUT2D eigenvalue weighted by molar-refractivity contribution is 0.550. The Bertz CT molecular complexity index is 565. The molecular weight excluding hydrogens is 246 g/mol. The molecule has 0 spiro atoms. The third-order valence-corrected chi connectivity index (χ3v) is 3.24. The van der Waals surface area contributed by atoms with Crippen LogP contribution in [0.25, 0.3) is 10.9 Å². The number of rotatable bonds is 5. The molecule has 0 N–H and O–H groups in total. The zero-order valence-corrected chi connectivity index (χ0v) is 13.2. The molecule has 0 atom stereocenters. The van der Waals surface area contributed by atoms with Crippen LogP contribution in [0.3, 0.4) is 0 Å². The van der Waals surface area contributed by atoms with Crippen molar-refractivity contribution in [2.24, 2.45) is 11.8 Å². The van der Waals surface area contributed by atoms with Gasteiger partial charge in [-0.3, -0.25) is 0 Å². The van der Waals surface area contributed by atoms with Crippen LogP contribution in [0.1, 0.15) is 33.3 Å². The molecule has 0 unspecified atom stereocenters. The van der Waals surface area contributed by atoms with Gasteiger partial charge in [0.25, 0.3) is 0 Å². The van der Waals surface area contributed by atoms with Crippen LogP contribution in [0.15, 0.2) is 24.5 Å². The summed E-state index contributed by atoms with van der Waals surface area (Å²) in [6, 6.07) is 6.38. The van der Waals surface area contributed by atoms with Crippen LogP contribution < -0.4 is 4.90 Å². The van der Waals surface area contributed by atoms with Crippen LogP contribution in [0.5, 0.6) is 0 Å². The molecule has 0 fully saturated rings. The Hall–Kier alpha value is -1.64. The highest BCUT2D eigenvalue weighted by atomic mass is 15.2. The number of hydrogen-bond acceptors (Lipinski definition) is 3. The van der Waals surface area contributed by atoms with Crippen molar-refractivity contribution >= 4 is 16.7 Å². The van der Waals surface area contributed by atoms with E-state index in [0.29, 0.717) is 11.8 Å². The fourth-order valence-electron chi connectivity index (χ4n) is 2.54. The molecule has 3 heteroatoms. The normalized spacial score (nSPS) is 11.6. The molecule has 108 valence electrons. The van der Waals surface area contributed by atoms with E-state index in [1.165, 1.54) is 5.56 Å². The number of nitrogens with zero attached hydrogens (tertiary/aromatic N) is 3. The van der Waals surface area contributed by atoms with Crippen molar-refractivity contribution in [2.45, 2.75) is 34.6 Å². The lowest BCUT2D eigenvalue weighted by Crippen LogP contribution is -2.32. The third kappa shape index (κ3) is 3.47. The first kappa shape index (κ1) is 14.8. The molecule has 0 saturated heterocycles. The molecule has 1 aromatic carbocycles. The first-order valence-electron chi connectivity index (χ1n) is 7.43. The molecule has 0 aliphatic heterocycles. The fraction of sp³-hybridized carbons (Fsp3) is 0.529. The highest BCUT2D eigenvalue weighted by Gasteiger charge is 2.15. The quantitative estimate of drug-likeness (QED) is 0.821. The van der Waals surface area contributed by atoms with Crippen molar-refractivity contribution in [1.82, 2.24) is 9.97 Å². The third-order valence-electron chi connectivity index (χ3n) is 3.24. The molecule has 20 heavy (non-hydrogen) atoms. The van der Waals surface area contributed by atoms with Gasteiger partial charge in [-0.1, -0.05) is 39.3 Å². The molecule has 0 aliphatic rings. The highest BCUT2D eigenvalue weighted by molar-refractivity contribution is 5.89. The highest BCUT2D eigenvalue weighted by Crippen LogP contribution is 2.25. The van der Waals surface area contributed by atoms with E-state index in [1.807, 2.05) is 0 Å². The molecule has 3 nitrogen and oxygen atoms in total. The number of benzene rings is 1. The van der Waals surface area contributed by atoms with E-state index < -0.39 is 0 Å². The van der Waals surface area contributed by atoms with Crippen LogP contribution in [0.2, 0.25) is 0 Å². The maximum Gasteiger partial charge on any atom is 0.139 e. The average molecular weight is 271 g/mol. The van der Waals surface area contributed by atoms with Gasteiger partial charge in [-0.15, -0.1) is 0 Å². The summed E-state index contributed by atoms with van der Waals surface area (Å²) in [7, 11) is 0. The Morgan fingerprint density at radius 2 is 1.65 bits per heavy atom. The molecule has 0 radical (unpaired) electrons. The summed E-state index contributed by atoms with van der Waals surface area (Å²) in [5, 5.41) is 1.16. The van der Waals surface area contributed by atoms with Crippen molar-refractivity contribution in [2.75, 3.05) is 18.0 Å². The summed E-state index contributed by atoms with van der Waals surface area (Å²) >= 11 is 0. The Labute approximate surface area is 122 Å². The van der Waals surface area contributed by atoms with Crippen LogP contribution in [0, 0.1) is 18.8 Å². The van der Waals surface area contributed by atoms with Gasteiger partial charge >= 0.3 is 0 Å². The van der Waals surface area contributed by atoms with Gasteiger partial charge in [-0.2, -0.15) is 0 Å². The smallest absolute Gasteiger partial charge is 0.139 e. The summed E-state index contributed by atoms with van der Waals surface area (Å²) in [6.45, 7) is 13.2. The van der Waals surface area contributed by atoms with Gasteiger partial charge in [0.05, 0.1) is 5.52 Å². The topological polar surface area (TPSA) is 29.0 Å². The van der Waals surface area contributed by atoms with Gasteiger partial charge in [0, 0.05) is 18.5 Å². The predicted molar refractivity (Wildman–Crippen MR) is 86.2 cm³/mol. The summed E-state index contributed by atoms with van der Waals surface area (Å²) in [6.07, 6.45) is 1.68. The fourth-order valence-corrected chi connectivity index (χ4v) is 2.54. The van der Waals surface area contributed by atoms with Gasteiger partial charge < -0.3 is 4.90 Å². The molecule has 2 rings (SSSR count). The van der Waals surface area contributed by atoms with Crippen LogP contribution in [0.4, 0.5) is 5.82 Å². The largest absolute Gasteiger partial charge is 0.355 e. The monoisotopic (exact) mass is 271 g/mol. The van der Waals surface area contributed by atoms with Crippen LogP contribution >= 0.6 is 0 Å². The molecule has 1 aromatic heterocycles. The second-order valence-corrected chi connectivity index (χ2v) is 6.41. The van der Waals surface area contributed by atoms with Crippen molar-refractivity contribution in [3.63, 3.8) is 0 Å². The summed E-state index contributed by atoms with van der Waals surface area (Å²) < 4.78 is 0. The van der Waals surface area contributed by atoms with E-state index in [0.717, 1.165) is 29.8 Å². The number of aromatic nitrogens is 2. The second kappa shape index (κ2) is 6.21. The summed E-state index contributed by atoms with van der Waals surface area (Å²) in [5.41, 5.74) is 2.28. The Morgan fingerprint density at radius 1 is 1.00 bits per heavy atom. The standard InChI is InChI=1S/C17H25N3/c1-12(2)9-20(10-13(3)4)17-15-8-14(5)6-7-16(15)18-11-19-17/h6-8,11-13H,9-10H2,1-5H3. The molecule has 0 saturated carbocycles. The molecule has 0 amide bonds. The SMILES string of the molecule is Cc1ccc2ncnc(N(CC(C)C)CC(C)C)c2c1. The van der Waals surface area contributed by atoms with Crippen molar-refractivity contribution in [1.29, 1.82) is 0 Å². The lowest BCUT2D eigenvalue weighted by atomic mass is 10.1. The second-order valence-electron chi connectivity index (χ2n) is 6.41. The van der Waals surface area contributed by atoms with E-state index in [9.17, 15) is 0 Å². The van der Waals surface area contributed by atoms with Crippen molar-refractivity contribution in [3.05, 3.63) is 30.1 Å². The van der Waals surface area contributed by atoms with Gasteiger partial charge in [0.1, 0.15) is 12.1 Å². The zero-order chi connectivity index (χ0) is 14.7. The summed E-state index contributed by atoms with van der Waals surface area (Å²) in [5.74, 6) is 2.30. The molecule has 0 bridgehead atoms. The molecule has 0 aliphatic carbocycles. The van der Waals surface area contributed by atoms with Crippen LogP contribution in [-0.2, 0) is 0 Å². The maximum absolute atomic E-state index is 4.57. The minimum atomic E-state index is 0.614. The molecular formula is C17H25N3. The van der Waals surface area contributed by atoms with E-state index in [4.69, 9.17) is 0 Å². The number of anilines is 1. The first-order chi connectivity index (χ1) is 9.47. The number of fused-ring (bicyclic) bond motifs is 1. The average Bonchev–Trinajstić information content (AvgIpc) is 2.36. The van der Waals surface area contributed by atoms with E-state index in [-0.39, 0.29) is 0 Å². The Kier molecular flexibility index (Phi) is 4.58. The van der Waals surface area contributed by atoms with E-state index >= 15 is 0 Å². The number of aryl methyl sites for hydroxylation is 1.